The van der Waals surface area contributed by atoms with Gasteiger partial charge in [-0.05, 0) is 83.5 Å². The summed E-state index contributed by atoms with van der Waals surface area (Å²) >= 11 is 0. The van der Waals surface area contributed by atoms with Gasteiger partial charge in [-0.3, -0.25) is 14.4 Å². The Hall–Kier alpha value is -3.15. The third kappa shape index (κ3) is 47.9. The fraction of sp³-hybridized carbons (Fsp3) is 0.732. The van der Waals surface area contributed by atoms with Gasteiger partial charge in [0.25, 0.3) is 0 Å². The number of carbonyl (C=O) groups is 3. The van der Waals surface area contributed by atoms with E-state index in [0.717, 1.165) is 83.5 Å². The molecule has 0 spiro atoms. The third-order valence-corrected chi connectivity index (χ3v) is 10.9. The minimum atomic E-state index is -0.798. The Labute approximate surface area is 382 Å². The molecule has 1 unspecified atom stereocenters. The van der Waals surface area contributed by atoms with Crippen LogP contribution in [0.4, 0.5) is 0 Å². The summed E-state index contributed by atoms with van der Waals surface area (Å²) < 4.78 is 16.7. The normalized spacial score (nSPS) is 12.6. The SMILES string of the molecule is CC/C=C\C/C=C\C/C=C\C/C=C\C/C=C\CCCC(=O)OCC(COC(=O)CCCCCCC/C=C\CCCCC)OC(=O)CCCCCCCCCCCCCCCCC. The van der Waals surface area contributed by atoms with Crippen LogP contribution in [0.2, 0.25) is 0 Å². The minimum Gasteiger partial charge on any atom is -0.462 e. The zero-order valence-corrected chi connectivity index (χ0v) is 40.6. The molecule has 1 atom stereocenters. The zero-order valence-electron chi connectivity index (χ0n) is 40.6. The van der Waals surface area contributed by atoms with Gasteiger partial charge < -0.3 is 14.2 Å². The summed E-state index contributed by atoms with van der Waals surface area (Å²) in [5.41, 5.74) is 0. The largest absolute Gasteiger partial charge is 0.462 e. The van der Waals surface area contributed by atoms with Crippen LogP contribution in [-0.4, -0.2) is 37.2 Å². The van der Waals surface area contributed by atoms with E-state index >= 15 is 0 Å². The van der Waals surface area contributed by atoms with Crippen LogP contribution in [0.3, 0.4) is 0 Å². The molecule has 0 rings (SSSR count). The smallest absolute Gasteiger partial charge is 0.306 e. The van der Waals surface area contributed by atoms with Gasteiger partial charge in [0, 0.05) is 19.3 Å². The molecule has 0 aliphatic carbocycles. The third-order valence-electron chi connectivity index (χ3n) is 10.9. The molecule has 0 aliphatic rings. The van der Waals surface area contributed by atoms with Crippen molar-refractivity contribution in [3.8, 4) is 0 Å². The van der Waals surface area contributed by atoms with E-state index in [9.17, 15) is 14.4 Å². The Morgan fingerprint density at radius 1 is 0.339 bits per heavy atom. The highest BCUT2D eigenvalue weighted by Crippen LogP contribution is 2.15. The number of hydrogen-bond donors (Lipinski definition) is 0. The molecular formula is C56H96O6. The molecular weight excluding hydrogens is 769 g/mol. The molecule has 356 valence electrons. The molecule has 0 N–H and O–H groups in total. The number of allylic oxidation sites excluding steroid dienone is 12. The van der Waals surface area contributed by atoms with Crippen LogP contribution < -0.4 is 0 Å². The van der Waals surface area contributed by atoms with Gasteiger partial charge in [-0.1, -0.05) is 216 Å². The van der Waals surface area contributed by atoms with Crippen molar-refractivity contribution in [3.05, 3.63) is 72.9 Å². The van der Waals surface area contributed by atoms with E-state index in [-0.39, 0.29) is 37.5 Å². The summed E-state index contributed by atoms with van der Waals surface area (Å²) in [6, 6.07) is 0. The first kappa shape index (κ1) is 58.9. The van der Waals surface area contributed by atoms with Crippen LogP contribution in [0.1, 0.15) is 245 Å². The van der Waals surface area contributed by atoms with E-state index in [1.165, 1.54) is 116 Å². The fourth-order valence-corrected chi connectivity index (χ4v) is 7.06. The topological polar surface area (TPSA) is 78.9 Å². The highest BCUT2D eigenvalue weighted by atomic mass is 16.6. The van der Waals surface area contributed by atoms with Gasteiger partial charge in [-0.2, -0.15) is 0 Å². The first-order valence-electron chi connectivity index (χ1n) is 25.9. The molecule has 0 saturated heterocycles. The molecule has 0 heterocycles. The highest BCUT2D eigenvalue weighted by molar-refractivity contribution is 5.71. The molecule has 0 saturated carbocycles. The zero-order chi connectivity index (χ0) is 45.1. The van der Waals surface area contributed by atoms with Crippen LogP contribution in [0.5, 0.6) is 0 Å². The van der Waals surface area contributed by atoms with E-state index in [4.69, 9.17) is 14.2 Å². The summed E-state index contributed by atoms with van der Waals surface area (Å²) in [5, 5.41) is 0. The molecule has 0 amide bonds. The Kier molecular flexibility index (Phi) is 47.9. The number of carbonyl (C=O) groups excluding carboxylic acids is 3. The van der Waals surface area contributed by atoms with E-state index < -0.39 is 6.10 Å². The van der Waals surface area contributed by atoms with Gasteiger partial charge in [-0.25, -0.2) is 0 Å². The summed E-state index contributed by atoms with van der Waals surface area (Å²) in [6.45, 7) is 6.45. The van der Waals surface area contributed by atoms with Gasteiger partial charge in [0.1, 0.15) is 13.2 Å². The van der Waals surface area contributed by atoms with Gasteiger partial charge >= 0.3 is 17.9 Å². The Balaban J connectivity index is 4.46. The van der Waals surface area contributed by atoms with Crippen molar-refractivity contribution in [2.75, 3.05) is 13.2 Å². The summed E-state index contributed by atoms with van der Waals surface area (Å²) in [5.74, 6) is -0.961. The molecule has 6 nitrogen and oxygen atoms in total. The van der Waals surface area contributed by atoms with Crippen molar-refractivity contribution >= 4 is 17.9 Å². The first-order valence-corrected chi connectivity index (χ1v) is 25.9. The molecule has 0 aromatic rings. The molecule has 0 bridgehead atoms. The Morgan fingerprint density at radius 2 is 0.645 bits per heavy atom. The predicted octanol–water partition coefficient (Wildman–Crippen LogP) is 17.0. The van der Waals surface area contributed by atoms with Gasteiger partial charge in [0.2, 0.25) is 0 Å². The second kappa shape index (κ2) is 50.5. The minimum absolute atomic E-state index is 0.0959. The standard InChI is InChI=1S/C56H96O6/c1-4-7-10-13-16-19-22-25-27-28-30-31-34-37-40-43-46-49-55(58)61-52-53(51-60-54(57)48-45-42-39-36-33-24-21-18-15-12-9-6-3)62-56(59)50-47-44-41-38-35-32-29-26-23-20-17-14-11-8-5-2/h7,10,16,18-19,21,25,27,30-31,37,40,53H,4-6,8-9,11-15,17,20,22-24,26,28-29,32-36,38-39,41-52H2,1-3H3/b10-7-,19-16-,21-18-,27-25-,31-30-,40-37-. The summed E-state index contributed by atoms with van der Waals surface area (Å²) in [4.78, 5) is 37.9. The maximum Gasteiger partial charge on any atom is 0.306 e. The Morgan fingerprint density at radius 3 is 1.10 bits per heavy atom. The van der Waals surface area contributed by atoms with E-state index in [2.05, 4.69) is 93.7 Å². The lowest BCUT2D eigenvalue weighted by Crippen LogP contribution is -2.30. The second-order valence-electron chi connectivity index (χ2n) is 17.1. The van der Waals surface area contributed by atoms with Gasteiger partial charge in [-0.15, -0.1) is 0 Å². The van der Waals surface area contributed by atoms with Crippen LogP contribution in [0.15, 0.2) is 72.9 Å². The monoisotopic (exact) mass is 865 g/mol. The molecule has 0 aromatic carbocycles. The maximum atomic E-state index is 12.8. The fourth-order valence-electron chi connectivity index (χ4n) is 7.06. The number of unbranched alkanes of at least 4 members (excludes halogenated alkanes) is 23. The van der Waals surface area contributed by atoms with Gasteiger partial charge in [0.15, 0.2) is 6.10 Å². The molecule has 0 aromatic heterocycles. The summed E-state index contributed by atoms with van der Waals surface area (Å²) in [6.07, 6.45) is 63.2. The number of hydrogen-bond acceptors (Lipinski definition) is 6. The van der Waals surface area contributed by atoms with Crippen LogP contribution in [0, 0.1) is 0 Å². The molecule has 0 radical (unpaired) electrons. The lowest BCUT2D eigenvalue weighted by atomic mass is 10.0. The van der Waals surface area contributed by atoms with E-state index in [1.807, 2.05) is 0 Å². The van der Waals surface area contributed by atoms with Gasteiger partial charge in [0.05, 0.1) is 0 Å². The summed E-state index contributed by atoms with van der Waals surface area (Å²) in [7, 11) is 0. The second-order valence-corrected chi connectivity index (χ2v) is 17.1. The van der Waals surface area contributed by atoms with Crippen LogP contribution in [-0.2, 0) is 28.6 Å². The molecule has 6 heteroatoms. The van der Waals surface area contributed by atoms with E-state index in [0.29, 0.717) is 19.3 Å². The average molecular weight is 865 g/mol. The number of esters is 3. The quantitative estimate of drug-likeness (QED) is 0.0262. The molecule has 0 aliphatic heterocycles. The average Bonchev–Trinajstić information content (AvgIpc) is 3.27. The van der Waals surface area contributed by atoms with Crippen LogP contribution in [0.25, 0.3) is 0 Å². The molecule has 62 heavy (non-hydrogen) atoms. The lowest BCUT2D eigenvalue weighted by molar-refractivity contribution is -0.167. The van der Waals surface area contributed by atoms with Crippen molar-refractivity contribution in [1.29, 1.82) is 0 Å². The van der Waals surface area contributed by atoms with Crippen molar-refractivity contribution < 1.29 is 28.6 Å². The van der Waals surface area contributed by atoms with Crippen molar-refractivity contribution in [2.45, 2.75) is 252 Å². The van der Waals surface area contributed by atoms with Crippen molar-refractivity contribution in [1.82, 2.24) is 0 Å². The van der Waals surface area contributed by atoms with E-state index in [1.54, 1.807) is 0 Å². The number of ether oxygens (including phenoxy) is 3. The lowest BCUT2D eigenvalue weighted by Gasteiger charge is -2.18. The van der Waals surface area contributed by atoms with Crippen molar-refractivity contribution in [3.63, 3.8) is 0 Å². The number of rotatable bonds is 46. The molecule has 0 fully saturated rings. The first-order chi connectivity index (χ1) is 30.5. The van der Waals surface area contributed by atoms with Crippen LogP contribution >= 0.6 is 0 Å². The highest BCUT2D eigenvalue weighted by Gasteiger charge is 2.19. The maximum absolute atomic E-state index is 12.8. The Bertz CT molecular complexity index is 1180. The van der Waals surface area contributed by atoms with Crippen molar-refractivity contribution in [2.24, 2.45) is 0 Å². The predicted molar refractivity (Wildman–Crippen MR) is 265 cm³/mol.